The summed E-state index contributed by atoms with van der Waals surface area (Å²) in [6.07, 6.45) is 0.0983. The first-order valence-electron chi connectivity index (χ1n) is 5.99. The smallest absolute Gasteiger partial charge is 0.326 e. The van der Waals surface area contributed by atoms with E-state index in [2.05, 4.69) is 5.32 Å². The number of phenols is 1. The van der Waals surface area contributed by atoms with Crippen LogP contribution in [0.15, 0.2) is 24.3 Å². The first-order chi connectivity index (χ1) is 9.43. The molecule has 7 nitrogen and oxygen atoms in total. The van der Waals surface area contributed by atoms with Gasteiger partial charge in [0.1, 0.15) is 17.8 Å². The van der Waals surface area contributed by atoms with Crippen molar-refractivity contribution in [3.05, 3.63) is 29.8 Å². The molecule has 0 saturated carbocycles. The Balaban J connectivity index is 2.67. The lowest BCUT2D eigenvalue weighted by molar-refractivity contribution is -0.142. The highest BCUT2D eigenvalue weighted by molar-refractivity contribution is 5.87. The van der Waals surface area contributed by atoms with Crippen LogP contribution in [-0.2, 0) is 20.7 Å². The lowest BCUT2D eigenvalue weighted by Gasteiger charge is -2.17. The van der Waals surface area contributed by atoms with Crippen molar-refractivity contribution in [2.24, 2.45) is 5.73 Å². The minimum absolute atomic E-state index is 0.0113. The number of nitrogens with one attached hydrogen (secondary N) is 1. The highest BCUT2D eigenvalue weighted by Gasteiger charge is 2.23. The number of amides is 1. The maximum Gasteiger partial charge on any atom is 0.326 e. The maximum atomic E-state index is 11.7. The van der Waals surface area contributed by atoms with Crippen molar-refractivity contribution in [1.82, 2.24) is 5.32 Å². The lowest BCUT2D eigenvalue weighted by Crippen LogP contribution is -2.50. The molecule has 0 radical (unpaired) electrons. The number of ether oxygens (including phenoxy) is 1. The molecule has 110 valence electrons. The van der Waals surface area contributed by atoms with Crippen LogP contribution in [0.3, 0.4) is 0 Å². The second kappa shape index (κ2) is 7.46. The highest BCUT2D eigenvalue weighted by Crippen LogP contribution is 2.11. The minimum Gasteiger partial charge on any atom is -0.508 e. The fraction of sp³-hybridized carbons (Fsp3) is 0.385. The summed E-state index contributed by atoms with van der Waals surface area (Å²) in [6, 6.07) is 4.08. The van der Waals surface area contributed by atoms with E-state index < -0.39 is 24.0 Å². The normalized spacial score (nSPS) is 13.5. The Morgan fingerprint density at radius 2 is 1.95 bits per heavy atom. The van der Waals surface area contributed by atoms with Crippen LogP contribution >= 0.6 is 0 Å². The Hall–Kier alpha value is -2.12. The third-order valence-corrected chi connectivity index (χ3v) is 2.67. The zero-order chi connectivity index (χ0) is 15.1. The molecule has 0 heterocycles. The predicted molar refractivity (Wildman–Crippen MR) is 71.2 cm³/mol. The predicted octanol–water partition coefficient (Wildman–Crippen LogP) is -0.522. The zero-order valence-electron chi connectivity index (χ0n) is 11.1. The number of carbonyl (C=O) groups is 2. The summed E-state index contributed by atoms with van der Waals surface area (Å²) in [4.78, 5) is 22.8. The summed E-state index contributed by atoms with van der Waals surface area (Å²) < 4.78 is 4.74. The van der Waals surface area contributed by atoms with Crippen molar-refractivity contribution < 1.29 is 24.5 Å². The molecule has 1 rings (SSSR count). The number of benzene rings is 1. The summed E-state index contributed by atoms with van der Waals surface area (Å²) in [5.41, 5.74) is 6.20. The van der Waals surface area contributed by atoms with Crippen molar-refractivity contribution in [2.75, 3.05) is 13.7 Å². The van der Waals surface area contributed by atoms with Crippen molar-refractivity contribution in [1.29, 1.82) is 0 Å². The molecule has 1 aromatic carbocycles. The average Bonchev–Trinajstić information content (AvgIpc) is 2.40. The quantitative estimate of drug-likeness (QED) is 0.533. The number of aliphatic carboxylic acids is 1. The number of carboxylic acids is 1. The lowest BCUT2D eigenvalue weighted by atomic mass is 10.1. The third-order valence-electron chi connectivity index (χ3n) is 2.67. The summed E-state index contributed by atoms with van der Waals surface area (Å²) in [5.74, 6) is -1.65. The molecule has 1 aromatic rings. The number of nitrogens with two attached hydrogens (primary N) is 1. The second-order valence-electron chi connectivity index (χ2n) is 4.33. The van der Waals surface area contributed by atoms with Gasteiger partial charge in [0, 0.05) is 13.5 Å². The maximum absolute atomic E-state index is 11.7. The zero-order valence-corrected chi connectivity index (χ0v) is 11.1. The molecule has 0 aliphatic heterocycles. The van der Waals surface area contributed by atoms with E-state index in [9.17, 15) is 9.59 Å². The minimum atomic E-state index is -1.16. The first kappa shape index (κ1) is 15.9. The van der Waals surface area contributed by atoms with Crippen molar-refractivity contribution in [3.63, 3.8) is 0 Å². The Labute approximate surface area is 116 Å². The Bertz CT molecular complexity index is 460. The summed E-state index contributed by atoms with van der Waals surface area (Å²) in [7, 11) is 1.40. The van der Waals surface area contributed by atoms with Crippen molar-refractivity contribution >= 4 is 11.9 Å². The van der Waals surface area contributed by atoms with Gasteiger partial charge in [-0.05, 0) is 17.7 Å². The largest absolute Gasteiger partial charge is 0.508 e. The Morgan fingerprint density at radius 1 is 1.35 bits per heavy atom. The average molecular weight is 282 g/mol. The van der Waals surface area contributed by atoms with Gasteiger partial charge in [-0.3, -0.25) is 4.79 Å². The number of carbonyl (C=O) groups excluding carboxylic acids is 1. The van der Waals surface area contributed by atoms with Gasteiger partial charge in [-0.1, -0.05) is 12.1 Å². The van der Waals surface area contributed by atoms with E-state index in [-0.39, 0.29) is 18.8 Å². The number of hydrogen-bond donors (Lipinski definition) is 4. The van der Waals surface area contributed by atoms with Gasteiger partial charge >= 0.3 is 5.97 Å². The van der Waals surface area contributed by atoms with Crippen LogP contribution in [0, 0.1) is 0 Å². The van der Waals surface area contributed by atoms with Gasteiger partial charge in [0.15, 0.2) is 0 Å². The molecule has 0 fully saturated rings. The van der Waals surface area contributed by atoms with Crippen LogP contribution in [-0.4, -0.2) is 47.9 Å². The molecular formula is C13H18N2O5. The monoisotopic (exact) mass is 282 g/mol. The SMILES string of the molecule is COCC(N)C(=O)N[C@H](Cc1ccc(O)cc1)C(=O)O. The standard InChI is InChI=1S/C13H18N2O5/c1-20-7-10(14)12(17)15-11(13(18)19)6-8-2-4-9(16)5-3-8/h2-5,10-11,16H,6-7,14H2,1H3,(H,15,17)(H,18,19)/t10?,11-/m1/s1. The molecule has 1 unspecified atom stereocenters. The second-order valence-corrected chi connectivity index (χ2v) is 4.33. The van der Waals surface area contributed by atoms with Crippen LogP contribution in [0.25, 0.3) is 0 Å². The number of aromatic hydroxyl groups is 1. The molecule has 0 spiro atoms. The summed E-state index contributed by atoms with van der Waals surface area (Å²) >= 11 is 0. The van der Waals surface area contributed by atoms with Crippen LogP contribution < -0.4 is 11.1 Å². The van der Waals surface area contributed by atoms with Gasteiger partial charge in [-0.2, -0.15) is 0 Å². The Morgan fingerprint density at radius 3 is 2.45 bits per heavy atom. The van der Waals surface area contributed by atoms with E-state index in [4.69, 9.17) is 20.7 Å². The molecule has 2 atom stereocenters. The van der Waals surface area contributed by atoms with Gasteiger partial charge in [0.25, 0.3) is 0 Å². The van der Waals surface area contributed by atoms with Gasteiger partial charge in [0.2, 0.25) is 5.91 Å². The van der Waals surface area contributed by atoms with Crippen LogP contribution in [0.1, 0.15) is 5.56 Å². The first-order valence-corrected chi connectivity index (χ1v) is 5.99. The fourth-order valence-corrected chi connectivity index (χ4v) is 1.60. The molecule has 0 bridgehead atoms. The highest BCUT2D eigenvalue weighted by atomic mass is 16.5. The summed E-state index contributed by atoms with van der Waals surface area (Å²) in [6.45, 7) is 0.0113. The number of phenolic OH excluding ortho intramolecular Hbond substituents is 1. The molecule has 0 aliphatic rings. The van der Waals surface area contributed by atoms with E-state index >= 15 is 0 Å². The number of hydrogen-bond acceptors (Lipinski definition) is 5. The molecule has 0 aromatic heterocycles. The van der Waals surface area contributed by atoms with Gasteiger partial charge in [0.05, 0.1) is 6.61 Å². The Kier molecular flexibility index (Phi) is 5.95. The topological polar surface area (TPSA) is 122 Å². The summed E-state index contributed by atoms with van der Waals surface area (Å²) in [5, 5.41) is 20.6. The molecule has 0 aliphatic carbocycles. The van der Waals surface area contributed by atoms with Crippen molar-refractivity contribution in [2.45, 2.75) is 18.5 Å². The molecule has 7 heteroatoms. The van der Waals surface area contributed by atoms with Gasteiger partial charge in [-0.25, -0.2) is 4.79 Å². The number of carboxylic acid groups (broad SMARTS) is 1. The van der Waals surface area contributed by atoms with E-state index in [1.54, 1.807) is 12.1 Å². The number of methoxy groups -OCH3 is 1. The molecule has 1 amide bonds. The molecule has 0 saturated heterocycles. The van der Waals surface area contributed by atoms with Crippen molar-refractivity contribution in [3.8, 4) is 5.75 Å². The van der Waals surface area contributed by atoms with Crippen LogP contribution in [0.4, 0.5) is 0 Å². The fourth-order valence-electron chi connectivity index (χ4n) is 1.60. The molecular weight excluding hydrogens is 264 g/mol. The van der Waals surface area contributed by atoms with Crippen LogP contribution in [0.2, 0.25) is 0 Å². The van der Waals surface area contributed by atoms with E-state index in [0.29, 0.717) is 5.56 Å². The number of rotatable bonds is 7. The van der Waals surface area contributed by atoms with Crippen LogP contribution in [0.5, 0.6) is 5.75 Å². The van der Waals surface area contributed by atoms with Gasteiger partial charge < -0.3 is 26.0 Å². The molecule has 20 heavy (non-hydrogen) atoms. The van der Waals surface area contributed by atoms with E-state index in [0.717, 1.165) is 0 Å². The third kappa shape index (κ3) is 4.87. The molecule has 5 N–H and O–H groups in total. The van der Waals surface area contributed by atoms with E-state index in [1.807, 2.05) is 0 Å². The van der Waals surface area contributed by atoms with E-state index in [1.165, 1.54) is 19.2 Å². The van der Waals surface area contributed by atoms with Gasteiger partial charge in [-0.15, -0.1) is 0 Å².